The van der Waals surface area contributed by atoms with E-state index >= 15 is 0 Å². The second-order valence-electron chi connectivity index (χ2n) is 7.85. The molecule has 18 nitrogen and oxygen atoms in total. The lowest BCUT2D eigenvalue weighted by atomic mass is 10.1. The summed E-state index contributed by atoms with van der Waals surface area (Å²) < 4.78 is 0. The van der Waals surface area contributed by atoms with Gasteiger partial charge < -0.3 is 54.8 Å². The van der Waals surface area contributed by atoms with E-state index in [2.05, 4.69) is 15.6 Å². The molecule has 0 radical (unpaired) electrons. The molecule has 18 heteroatoms. The predicted molar refractivity (Wildman–Crippen MR) is 126 cm³/mol. The van der Waals surface area contributed by atoms with Crippen LogP contribution >= 0.6 is 0 Å². The first kappa shape index (κ1) is 32.5. The number of carbonyl (C=O) groups is 7. The molecule has 0 heterocycles. The standard InChI is InChI=1S/C19H33N9O9/c20-8(6-13(22)30)15(33)26-9(2-1-5-25-19(23)24)16(34)28-11(7-14(31)32)17(35)27-10(18(36)37)3-4-12(21)29/h8-11H,1-7,20H2,(H2,21,29)(H2,22,30)(H,26,33)(H,27,35)(H,28,34)(H,31,32)(H,36,37)(H4,23,24,25). The third-order valence-corrected chi connectivity index (χ3v) is 4.64. The zero-order valence-corrected chi connectivity index (χ0v) is 19.8. The quantitative estimate of drug-likeness (QED) is 0.0449. The van der Waals surface area contributed by atoms with Crippen LogP contribution in [0.15, 0.2) is 4.99 Å². The topological polar surface area (TPSA) is 338 Å². The van der Waals surface area contributed by atoms with Crippen molar-refractivity contribution in [1.29, 1.82) is 0 Å². The highest BCUT2D eigenvalue weighted by atomic mass is 16.4. The largest absolute Gasteiger partial charge is 0.481 e. The molecule has 0 saturated carbocycles. The summed E-state index contributed by atoms with van der Waals surface area (Å²) in [5.74, 6) is -8.10. The summed E-state index contributed by atoms with van der Waals surface area (Å²) in [7, 11) is 0. The van der Waals surface area contributed by atoms with Gasteiger partial charge in [-0.15, -0.1) is 0 Å². The molecule has 4 atom stereocenters. The Morgan fingerprint density at radius 1 is 0.703 bits per heavy atom. The van der Waals surface area contributed by atoms with Gasteiger partial charge in [0.1, 0.15) is 18.1 Å². The predicted octanol–water partition coefficient (Wildman–Crippen LogP) is -5.48. The number of hydrogen-bond donors (Lipinski definition) is 10. The van der Waals surface area contributed by atoms with E-state index in [0.29, 0.717) is 0 Å². The third kappa shape index (κ3) is 14.5. The summed E-state index contributed by atoms with van der Waals surface area (Å²) in [5, 5.41) is 24.9. The number of amides is 5. The molecular weight excluding hydrogens is 498 g/mol. The van der Waals surface area contributed by atoms with Gasteiger partial charge in [0.2, 0.25) is 29.5 Å². The van der Waals surface area contributed by atoms with E-state index in [0.717, 1.165) is 0 Å². The molecule has 0 aliphatic carbocycles. The van der Waals surface area contributed by atoms with Crippen molar-refractivity contribution in [1.82, 2.24) is 16.0 Å². The summed E-state index contributed by atoms with van der Waals surface area (Å²) in [6.45, 7) is 0.0501. The number of primary amides is 2. The third-order valence-electron chi connectivity index (χ3n) is 4.64. The Kier molecular flexibility index (Phi) is 14.3. The Morgan fingerprint density at radius 3 is 1.73 bits per heavy atom. The Morgan fingerprint density at radius 2 is 1.24 bits per heavy atom. The number of carbonyl (C=O) groups excluding carboxylic acids is 5. The van der Waals surface area contributed by atoms with Crippen molar-refractivity contribution < 1.29 is 43.8 Å². The number of carboxylic acids is 2. The second-order valence-corrected chi connectivity index (χ2v) is 7.85. The molecule has 0 fully saturated rings. The molecule has 15 N–H and O–H groups in total. The van der Waals surface area contributed by atoms with Crippen LogP contribution in [0.3, 0.4) is 0 Å². The van der Waals surface area contributed by atoms with Gasteiger partial charge in [0, 0.05) is 13.0 Å². The van der Waals surface area contributed by atoms with Crippen molar-refractivity contribution in [3.63, 3.8) is 0 Å². The molecule has 37 heavy (non-hydrogen) atoms. The van der Waals surface area contributed by atoms with Gasteiger partial charge in [-0.3, -0.25) is 33.8 Å². The average Bonchev–Trinajstić information content (AvgIpc) is 2.76. The molecule has 0 bridgehead atoms. The van der Waals surface area contributed by atoms with Crippen molar-refractivity contribution >= 4 is 47.4 Å². The summed E-state index contributed by atoms with van der Waals surface area (Å²) in [6.07, 6.45) is -2.20. The van der Waals surface area contributed by atoms with Crippen LogP contribution in [-0.4, -0.2) is 88.4 Å². The fourth-order valence-corrected chi connectivity index (χ4v) is 2.83. The summed E-state index contributed by atoms with van der Waals surface area (Å²) in [4.78, 5) is 86.2. The van der Waals surface area contributed by atoms with Crippen LogP contribution in [0.5, 0.6) is 0 Å². The number of rotatable bonds is 18. The molecule has 4 unspecified atom stereocenters. The van der Waals surface area contributed by atoms with Crippen LogP contribution in [0.4, 0.5) is 0 Å². The zero-order chi connectivity index (χ0) is 28.7. The van der Waals surface area contributed by atoms with Gasteiger partial charge in [0.25, 0.3) is 0 Å². The van der Waals surface area contributed by atoms with E-state index in [1.54, 1.807) is 0 Å². The summed E-state index contributed by atoms with van der Waals surface area (Å²) in [5.41, 5.74) is 26.0. The number of nitrogens with one attached hydrogen (secondary N) is 3. The highest BCUT2D eigenvalue weighted by Gasteiger charge is 2.31. The van der Waals surface area contributed by atoms with Crippen molar-refractivity contribution in [2.24, 2.45) is 33.7 Å². The number of nitrogens with zero attached hydrogens (tertiary/aromatic N) is 1. The minimum atomic E-state index is -1.77. The number of guanidine groups is 1. The Bertz CT molecular complexity index is 905. The van der Waals surface area contributed by atoms with Crippen LogP contribution in [0, 0.1) is 0 Å². The molecule has 0 aliphatic rings. The number of hydrogen-bond acceptors (Lipinski definition) is 9. The lowest BCUT2D eigenvalue weighted by Gasteiger charge is -2.24. The van der Waals surface area contributed by atoms with Crippen molar-refractivity contribution in [2.75, 3.05) is 6.54 Å². The lowest BCUT2D eigenvalue weighted by Crippen LogP contribution is -2.57. The lowest BCUT2D eigenvalue weighted by molar-refractivity contribution is -0.143. The van der Waals surface area contributed by atoms with Gasteiger partial charge >= 0.3 is 11.9 Å². The molecular formula is C19H33N9O9. The molecule has 0 saturated heterocycles. The van der Waals surface area contributed by atoms with E-state index in [1.165, 1.54) is 0 Å². The molecule has 0 aromatic carbocycles. The first-order valence-corrected chi connectivity index (χ1v) is 10.9. The second kappa shape index (κ2) is 16.2. The highest BCUT2D eigenvalue weighted by Crippen LogP contribution is 2.05. The maximum Gasteiger partial charge on any atom is 0.326 e. The summed E-state index contributed by atoms with van der Waals surface area (Å²) >= 11 is 0. The number of carboxylic acid groups (broad SMARTS) is 2. The SMILES string of the molecule is NC(=O)CCC(NC(=O)C(CC(=O)O)NC(=O)C(CCCN=C(N)N)NC(=O)C(N)CC(N)=O)C(=O)O. The van der Waals surface area contributed by atoms with Gasteiger partial charge in [0.15, 0.2) is 5.96 Å². The Balaban J connectivity index is 5.66. The van der Waals surface area contributed by atoms with Gasteiger partial charge in [-0.1, -0.05) is 0 Å². The van der Waals surface area contributed by atoms with Gasteiger partial charge in [-0.2, -0.15) is 0 Å². The minimum Gasteiger partial charge on any atom is -0.481 e. The smallest absolute Gasteiger partial charge is 0.326 e. The van der Waals surface area contributed by atoms with Crippen LogP contribution in [0.1, 0.15) is 38.5 Å². The maximum atomic E-state index is 12.9. The molecule has 0 spiro atoms. The fraction of sp³-hybridized carbons (Fsp3) is 0.579. The van der Waals surface area contributed by atoms with Gasteiger partial charge in [-0.05, 0) is 19.3 Å². The van der Waals surface area contributed by atoms with E-state index < -0.39 is 78.5 Å². The van der Waals surface area contributed by atoms with Gasteiger partial charge in [0.05, 0.1) is 18.9 Å². The molecule has 0 rings (SSSR count). The van der Waals surface area contributed by atoms with Crippen LogP contribution in [-0.2, 0) is 33.6 Å². The number of aliphatic imine (C=N–C) groups is 1. The maximum absolute atomic E-state index is 12.9. The van der Waals surface area contributed by atoms with Crippen LogP contribution < -0.4 is 44.6 Å². The van der Waals surface area contributed by atoms with E-state index in [9.17, 15) is 38.7 Å². The molecule has 0 aliphatic heterocycles. The van der Waals surface area contributed by atoms with Crippen molar-refractivity contribution in [3.05, 3.63) is 0 Å². The Hall–Kier alpha value is -4.48. The first-order chi connectivity index (χ1) is 17.1. The molecule has 0 aromatic rings. The molecule has 0 aromatic heterocycles. The fourth-order valence-electron chi connectivity index (χ4n) is 2.83. The monoisotopic (exact) mass is 531 g/mol. The van der Waals surface area contributed by atoms with E-state index in [4.69, 9.17) is 33.8 Å². The number of aliphatic carboxylic acids is 2. The highest BCUT2D eigenvalue weighted by molar-refractivity contribution is 5.96. The van der Waals surface area contributed by atoms with Gasteiger partial charge in [-0.25, -0.2) is 4.79 Å². The van der Waals surface area contributed by atoms with Crippen LogP contribution in [0.25, 0.3) is 0 Å². The zero-order valence-electron chi connectivity index (χ0n) is 19.8. The summed E-state index contributed by atoms with van der Waals surface area (Å²) in [6, 6.07) is -6.15. The molecule has 5 amide bonds. The minimum absolute atomic E-state index is 0.0501. The molecule has 208 valence electrons. The van der Waals surface area contributed by atoms with Crippen LogP contribution in [0.2, 0.25) is 0 Å². The first-order valence-electron chi connectivity index (χ1n) is 10.9. The normalized spacial score (nSPS) is 13.6. The average molecular weight is 532 g/mol. The van der Waals surface area contributed by atoms with E-state index in [-0.39, 0.29) is 38.2 Å². The number of nitrogens with two attached hydrogens (primary N) is 5. The van der Waals surface area contributed by atoms with E-state index in [1.807, 2.05) is 5.32 Å². The van der Waals surface area contributed by atoms with Crippen molar-refractivity contribution in [3.8, 4) is 0 Å². The van der Waals surface area contributed by atoms with Crippen molar-refractivity contribution in [2.45, 2.75) is 62.7 Å². The Labute approximate surface area is 210 Å².